The van der Waals surface area contributed by atoms with Crippen LogP contribution in [0.4, 0.5) is 0 Å². The third kappa shape index (κ3) is 3.50. The lowest BCUT2D eigenvalue weighted by atomic mass is 9.75. The van der Waals surface area contributed by atoms with Crippen molar-refractivity contribution < 1.29 is 4.74 Å². The summed E-state index contributed by atoms with van der Waals surface area (Å²) in [6, 6.07) is 7.18. The van der Waals surface area contributed by atoms with Crippen molar-refractivity contribution in [2.45, 2.75) is 46.7 Å². The topological polar surface area (TPSA) is 12.5 Å². The molecule has 0 saturated carbocycles. The standard InChI is InChI=1S/C14H23BNO/c1-10(2)16(11(3)4)15-13-8-7-9-14(17-6)12(13)5/h7-11H,1-6H3. The van der Waals surface area contributed by atoms with Crippen LogP contribution < -0.4 is 10.2 Å². The van der Waals surface area contributed by atoms with Gasteiger partial charge in [0.15, 0.2) is 0 Å². The number of rotatable bonds is 5. The highest BCUT2D eigenvalue weighted by Crippen LogP contribution is 2.14. The van der Waals surface area contributed by atoms with Gasteiger partial charge in [0.05, 0.1) is 7.11 Å². The Labute approximate surface area is 106 Å². The lowest BCUT2D eigenvalue weighted by Crippen LogP contribution is -2.45. The Morgan fingerprint density at radius 3 is 2.18 bits per heavy atom. The molecule has 0 aliphatic carbocycles. The van der Waals surface area contributed by atoms with E-state index in [0.29, 0.717) is 12.1 Å². The first-order chi connectivity index (χ1) is 7.97. The summed E-state index contributed by atoms with van der Waals surface area (Å²) in [4.78, 5) is 2.36. The van der Waals surface area contributed by atoms with E-state index in [-0.39, 0.29) is 0 Å². The number of ether oxygens (including phenoxy) is 1. The lowest BCUT2D eigenvalue weighted by molar-refractivity contribution is 0.315. The van der Waals surface area contributed by atoms with Gasteiger partial charge in [-0.3, -0.25) is 0 Å². The highest BCUT2D eigenvalue weighted by atomic mass is 16.5. The second kappa shape index (κ2) is 6.11. The van der Waals surface area contributed by atoms with Crippen molar-refractivity contribution in [3.05, 3.63) is 23.8 Å². The van der Waals surface area contributed by atoms with Crippen molar-refractivity contribution in [2.75, 3.05) is 7.11 Å². The zero-order valence-corrected chi connectivity index (χ0v) is 11.8. The molecule has 0 saturated heterocycles. The Morgan fingerprint density at radius 1 is 1.12 bits per heavy atom. The van der Waals surface area contributed by atoms with Gasteiger partial charge in [0, 0.05) is 0 Å². The van der Waals surface area contributed by atoms with E-state index in [1.807, 2.05) is 12.1 Å². The minimum Gasteiger partial charge on any atom is -0.497 e. The van der Waals surface area contributed by atoms with E-state index in [2.05, 4.69) is 52.9 Å². The maximum atomic E-state index is 5.35. The van der Waals surface area contributed by atoms with Crippen LogP contribution in [0, 0.1) is 6.92 Å². The van der Waals surface area contributed by atoms with Crippen LogP contribution in [0.2, 0.25) is 0 Å². The SMILES string of the molecule is COc1cccc([B]N(C(C)C)C(C)C)c1C. The Kier molecular flexibility index (Phi) is 5.07. The van der Waals surface area contributed by atoms with Crippen LogP contribution in [-0.4, -0.2) is 31.4 Å². The molecular weight excluding hydrogens is 209 g/mol. The summed E-state index contributed by atoms with van der Waals surface area (Å²) in [5.41, 5.74) is 2.42. The molecule has 0 heterocycles. The molecule has 2 nitrogen and oxygen atoms in total. The summed E-state index contributed by atoms with van der Waals surface area (Å²) in [5.74, 6) is 0.950. The molecule has 0 spiro atoms. The fourth-order valence-corrected chi connectivity index (χ4v) is 2.05. The summed E-state index contributed by atoms with van der Waals surface area (Å²) in [5, 5.41) is 0. The monoisotopic (exact) mass is 232 g/mol. The van der Waals surface area contributed by atoms with Crippen molar-refractivity contribution in [3.63, 3.8) is 0 Å². The van der Waals surface area contributed by atoms with Gasteiger partial charge in [0.1, 0.15) is 5.75 Å². The quantitative estimate of drug-likeness (QED) is 0.722. The van der Waals surface area contributed by atoms with Gasteiger partial charge in [-0.05, 0) is 30.6 Å². The molecule has 0 N–H and O–H groups in total. The van der Waals surface area contributed by atoms with E-state index in [9.17, 15) is 0 Å². The molecule has 0 aliphatic rings. The van der Waals surface area contributed by atoms with E-state index in [1.165, 1.54) is 11.0 Å². The van der Waals surface area contributed by atoms with Crippen LogP contribution in [0.5, 0.6) is 5.75 Å². The average molecular weight is 232 g/mol. The van der Waals surface area contributed by atoms with Crippen LogP contribution in [-0.2, 0) is 0 Å². The molecule has 1 radical (unpaired) electrons. The van der Waals surface area contributed by atoms with E-state index in [4.69, 9.17) is 4.74 Å². The Bertz CT molecular complexity index is 355. The third-order valence-electron chi connectivity index (χ3n) is 3.03. The summed E-state index contributed by atoms with van der Waals surface area (Å²) in [7, 11) is 3.95. The number of hydrogen-bond donors (Lipinski definition) is 0. The molecular formula is C14H23BNO. The first-order valence-electron chi connectivity index (χ1n) is 6.23. The second-order valence-corrected chi connectivity index (χ2v) is 4.94. The van der Waals surface area contributed by atoms with Gasteiger partial charge in [-0.15, -0.1) is 0 Å². The molecule has 0 aromatic heterocycles. The Balaban J connectivity index is 2.93. The van der Waals surface area contributed by atoms with Crippen molar-refractivity contribution in [1.29, 1.82) is 0 Å². The highest BCUT2D eigenvalue weighted by molar-refractivity contribution is 6.51. The molecule has 3 heteroatoms. The van der Waals surface area contributed by atoms with Gasteiger partial charge in [-0.1, -0.05) is 45.3 Å². The van der Waals surface area contributed by atoms with Crippen LogP contribution in [0.15, 0.2) is 18.2 Å². The zero-order valence-electron chi connectivity index (χ0n) is 11.8. The number of hydrogen-bond acceptors (Lipinski definition) is 2. The number of methoxy groups -OCH3 is 1. The maximum absolute atomic E-state index is 5.35. The number of benzene rings is 1. The Hall–Kier alpha value is -0.955. The fourth-order valence-electron chi connectivity index (χ4n) is 2.05. The molecule has 1 aromatic rings. The molecule has 1 rings (SSSR count). The molecule has 0 unspecified atom stereocenters. The normalized spacial score (nSPS) is 11.4. The van der Waals surface area contributed by atoms with Crippen LogP contribution in [0.3, 0.4) is 0 Å². The molecule has 0 bridgehead atoms. The predicted molar refractivity (Wildman–Crippen MR) is 75.2 cm³/mol. The molecule has 0 amide bonds. The molecule has 0 aliphatic heterocycles. The van der Waals surface area contributed by atoms with Crippen molar-refractivity contribution in [3.8, 4) is 5.75 Å². The summed E-state index contributed by atoms with van der Waals surface area (Å²) in [6.45, 7) is 11.0. The average Bonchev–Trinajstić information content (AvgIpc) is 2.26. The van der Waals surface area contributed by atoms with Crippen molar-refractivity contribution in [2.24, 2.45) is 0 Å². The minimum absolute atomic E-state index is 0.501. The van der Waals surface area contributed by atoms with Gasteiger partial charge in [-0.25, -0.2) is 0 Å². The van der Waals surface area contributed by atoms with Gasteiger partial charge in [0.25, 0.3) is 0 Å². The number of nitrogens with zero attached hydrogens (tertiary/aromatic N) is 1. The summed E-state index contributed by atoms with van der Waals surface area (Å²) in [6.07, 6.45) is 0. The minimum atomic E-state index is 0.501. The molecule has 17 heavy (non-hydrogen) atoms. The molecule has 93 valence electrons. The zero-order chi connectivity index (χ0) is 13.0. The van der Waals surface area contributed by atoms with Gasteiger partial charge in [-0.2, -0.15) is 0 Å². The highest BCUT2D eigenvalue weighted by Gasteiger charge is 2.17. The van der Waals surface area contributed by atoms with E-state index < -0.39 is 0 Å². The second-order valence-electron chi connectivity index (χ2n) is 4.94. The third-order valence-corrected chi connectivity index (χ3v) is 3.03. The van der Waals surface area contributed by atoms with Crippen molar-refractivity contribution in [1.82, 2.24) is 4.81 Å². The van der Waals surface area contributed by atoms with Crippen LogP contribution in [0.25, 0.3) is 0 Å². The van der Waals surface area contributed by atoms with Gasteiger partial charge >= 0.3 is 0 Å². The summed E-state index contributed by atoms with van der Waals surface area (Å²) >= 11 is 0. The summed E-state index contributed by atoms with van der Waals surface area (Å²) < 4.78 is 5.35. The van der Waals surface area contributed by atoms with Crippen LogP contribution in [0.1, 0.15) is 33.3 Å². The fraction of sp³-hybridized carbons (Fsp3) is 0.571. The lowest BCUT2D eigenvalue weighted by Gasteiger charge is -2.30. The van der Waals surface area contributed by atoms with Gasteiger partial charge in [0.2, 0.25) is 7.41 Å². The molecule has 0 atom stereocenters. The first kappa shape index (κ1) is 14.1. The van der Waals surface area contributed by atoms with Crippen molar-refractivity contribution >= 4 is 12.9 Å². The smallest absolute Gasteiger partial charge is 0.248 e. The predicted octanol–water partition coefficient (Wildman–Crippen LogP) is 2.37. The van der Waals surface area contributed by atoms with Gasteiger partial charge < -0.3 is 9.55 Å². The Morgan fingerprint density at radius 2 is 1.71 bits per heavy atom. The molecule has 0 fully saturated rings. The van der Waals surface area contributed by atoms with Crippen LogP contribution >= 0.6 is 0 Å². The maximum Gasteiger partial charge on any atom is 0.248 e. The largest absolute Gasteiger partial charge is 0.497 e. The first-order valence-corrected chi connectivity index (χ1v) is 6.23. The van der Waals surface area contributed by atoms with E-state index >= 15 is 0 Å². The molecule has 1 aromatic carbocycles. The van der Waals surface area contributed by atoms with E-state index in [1.54, 1.807) is 7.11 Å². The van der Waals surface area contributed by atoms with E-state index in [0.717, 1.165) is 5.75 Å².